The van der Waals surface area contributed by atoms with Gasteiger partial charge in [0.25, 0.3) is 0 Å². The Morgan fingerprint density at radius 2 is 0.722 bits per heavy atom. The number of hydrogen-bond acceptors (Lipinski definition) is 1. The smallest absolute Gasteiger partial charge is 0.0459 e. The summed E-state index contributed by atoms with van der Waals surface area (Å²) >= 11 is 0. The van der Waals surface area contributed by atoms with E-state index in [0.29, 0.717) is 0 Å². The molecular formula is C33H31NP2. The van der Waals surface area contributed by atoms with Crippen molar-refractivity contribution in [3.63, 3.8) is 0 Å². The van der Waals surface area contributed by atoms with E-state index in [1.807, 2.05) is 0 Å². The van der Waals surface area contributed by atoms with E-state index in [4.69, 9.17) is 0 Å². The second-order valence-electron chi connectivity index (χ2n) is 8.66. The van der Waals surface area contributed by atoms with Crippen LogP contribution in [-0.4, -0.2) is 19.0 Å². The van der Waals surface area contributed by atoms with Crippen LogP contribution >= 0.6 is 15.8 Å². The molecule has 5 aromatic rings. The van der Waals surface area contributed by atoms with Crippen molar-refractivity contribution in [1.82, 2.24) is 0 Å². The summed E-state index contributed by atoms with van der Waals surface area (Å²) < 4.78 is 0. The zero-order chi connectivity index (χ0) is 24.4. The second kappa shape index (κ2) is 12.6. The fraction of sp³-hybridized carbons (Fsp3) is 0.0909. The molecule has 1 nitrogen and oxygen atoms in total. The van der Waals surface area contributed by atoms with E-state index in [2.05, 4.69) is 157 Å². The molecule has 3 heteroatoms. The summed E-state index contributed by atoms with van der Waals surface area (Å²) in [6.07, 6.45) is 2.12. The summed E-state index contributed by atoms with van der Waals surface area (Å²) in [6, 6.07) is 55.2. The maximum Gasteiger partial charge on any atom is 0.0459 e. The Morgan fingerprint density at radius 1 is 0.389 bits per heavy atom. The van der Waals surface area contributed by atoms with Crippen LogP contribution in [0.3, 0.4) is 0 Å². The Morgan fingerprint density at radius 3 is 1.11 bits per heavy atom. The minimum Gasteiger partial charge on any atom is -0.366 e. The van der Waals surface area contributed by atoms with Gasteiger partial charge in [0.2, 0.25) is 0 Å². The van der Waals surface area contributed by atoms with Crippen molar-refractivity contribution in [1.29, 1.82) is 0 Å². The van der Waals surface area contributed by atoms with E-state index in [1.54, 1.807) is 0 Å². The molecule has 0 aliphatic rings. The van der Waals surface area contributed by atoms with Crippen molar-refractivity contribution in [2.45, 2.75) is 0 Å². The van der Waals surface area contributed by atoms with Crippen molar-refractivity contribution >= 4 is 42.7 Å². The van der Waals surface area contributed by atoms with E-state index in [1.165, 1.54) is 26.9 Å². The molecule has 0 radical (unpaired) electrons. The number of nitrogens with zero attached hydrogens (tertiary/aromatic N) is 1. The summed E-state index contributed by atoms with van der Waals surface area (Å²) in [4.78, 5) is 2.62. The van der Waals surface area contributed by atoms with Crippen LogP contribution in [0, 0.1) is 0 Å². The lowest BCUT2D eigenvalue weighted by molar-refractivity contribution is 0.949. The van der Waals surface area contributed by atoms with Gasteiger partial charge in [0.1, 0.15) is 0 Å². The quantitative estimate of drug-likeness (QED) is 0.191. The van der Waals surface area contributed by atoms with Gasteiger partial charge in [-0.2, -0.15) is 0 Å². The van der Waals surface area contributed by atoms with Crippen LogP contribution in [0.25, 0.3) is 0 Å². The third-order valence-electron chi connectivity index (χ3n) is 6.30. The number of benzene rings is 5. The molecule has 0 heterocycles. The van der Waals surface area contributed by atoms with Gasteiger partial charge < -0.3 is 4.90 Å². The van der Waals surface area contributed by atoms with Crippen LogP contribution in [-0.2, 0) is 0 Å². The first-order chi connectivity index (χ1) is 17.9. The van der Waals surface area contributed by atoms with Crippen LogP contribution < -0.4 is 26.1 Å². The average Bonchev–Trinajstić information content (AvgIpc) is 2.97. The molecule has 0 fully saturated rings. The Kier molecular flexibility index (Phi) is 8.59. The molecule has 0 atom stereocenters. The van der Waals surface area contributed by atoms with Crippen molar-refractivity contribution in [3.05, 3.63) is 152 Å². The van der Waals surface area contributed by atoms with Crippen LogP contribution in [0.5, 0.6) is 0 Å². The van der Waals surface area contributed by atoms with E-state index in [-0.39, 0.29) is 0 Å². The normalized spacial score (nSPS) is 11.1. The molecule has 5 aromatic carbocycles. The minimum absolute atomic E-state index is 0.442. The molecule has 0 amide bonds. The molecule has 0 N–H and O–H groups in total. The molecule has 0 spiro atoms. The van der Waals surface area contributed by atoms with Crippen molar-refractivity contribution in [3.8, 4) is 0 Å². The predicted octanol–water partition coefficient (Wildman–Crippen LogP) is 6.72. The standard InChI is InChI=1S/C33H31NP2/c1-6-16-29(17-7-1)34(28-36(32-22-12-4-13-23-32)33-24-14-5-15-25-33)26-27-35(30-18-8-2-9-19-30)31-20-10-3-11-21-31/h1-25H,26-28H2. The highest BCUT2D eigenvalue weighted by Crippen LogP contribution is 2.38. The highest BCUT2D eigenvalue weighted by molar-refractivity contribution is 7.73. The van der Waals surface area contributed by atoms with Crippen molar-refractivity contribution < 1.29 is 0 Å². The monoisotopic (exact) mass is 503 g/mol. The number of anilines is 1. The Hall–Kier alpha value is -3.24. The molecule has 0 aromatic heterocycles. The van der Waals surface area contributed by atoms with Crippen molar-refractivity contribution in [2.75, 3.05) is 23.9 Å². The summed E-state index contributed by atoms with van der Waals surface area (Å²) in [6.45, 7) is 1.01. The minimum atomic E-state index is -0.520. The zero-order valence-electron chi connectivity index (χ0n) is 20.4. The van der Waals surface area contributed by atoms with Gasteiger partial charge in [-0.1, -0.05) is 140 Å². The molecule has 178 valence electrons. The summed E-state index contributed by atoms with van der Waals surface area (Å²) in [5, 5.41) is 5.74. The Bertz CT molecular complexity index is 1220. The maximum atomic E-state index is 2.62. The first-order valence-electron chi connectivity index (χ1n) is 12.4. The molecule has 0 saturated carbocycles. The molecule has 5 rings (SSSR count). The Balaban J connectivity index is 1.46. The topological polar surface area (TPSA) is 3.24 Å². The van der Waals surface area contributed by atoms with Crippen molar-refractivity contribution in [2.24, 2.45) is 0 Å². The van der Waals surface area contributed by atoms with Crippen LogP contribution in [0.4, 0.5) is 5.69 Å². The zero-order valence-corrected chi connectivity index (χ0v) is 22.2. The summed E-state index contributed by atoms with van der Waals surface area (Å²) in [7, 11) is -0.962. The lowest BCUT2D eigenvalue weighted by Crippen LogP contribution is -2.32. The highest BCUT2D eigenvalue weighted by Gasteiger charge is 2.21. The van der Waals surface area contributed by atoms with Crippen LogP contribution in [0.15, 0.2) is 152 Å². The first kappa shape index (κ1) is 24.5. The number of rotatable bonds is 10. The molecule has 0 aliphatic carbocycles. The maximum absolute atomic E-state index is 2.62. The van der Waals surface area contributed by atoms with Crippen LogP contribution in [0.2, 0.25) is 0 Å². The predicted molar refractivity (Wildman–Crippen MR) is 162 cm³/mol. The first-order valence-corrected chi connectivity index (χ1v) is 15.5. The molecule has 0 bridgehead atoms. The lowest BCUT2D eigenvalue weighted by atomic mass is 10.3. The van der Waals surface area contributed by atoms with E-state index >= 15 is 0 Å². The highest BCUT2D eigenvalue weighted by atomic mass is 31.1. The largest absolute Gasteiger partial charge is 0.366 e. The number of para-hydroxylation sites is 1. The lowest BCUT2D eigenvalue weighted by Gasteiger charge is -2.32. The van der Waals surface area contributed by atoms with E-state index in [9.17, 15) is 0 Å². The van der Waals surface area contributed by atoms with Crippen LogP contribution in [0.1, 0.15) is 0 Å². The van der Waals surface area contributed by atoms with Gasteiger partial charge in [0, 0.05) is 18.5 Å². The molecule has 0 saturated heterocycles. The van der Waals surface area contributed by atoms with Gasteiger partial charge in [0.15, 0.2) is 0 Å². The van der Waals surface area contributed by atoms with Gasteiger partial charge in [-0.25, -0.2) is 0 Å². The van der Waals surface area contributed by atoms with E-state index in [0.717, 1.165) is 19.0 Å². The van der Waals surface area contributed by atoms with Gasteiger partial charge in [-0.05, 0) is 55.4 Å². The summed E-state index contributed by atoms with van der Waals surface area (Å²) in [5.41, 5.74) is 1.30. The fourth-order valence-corrected chi connectivity index (χ4v) is 9.12. The molecule has 36 heavy (non-hydrogen) atoms. The molecule has 0 aliphatic heterocycles. The van der Waals surface area contributed by atoms with Gasteiger partial charge in [0.05, 0.1) is 0 Å². The number of hydrogen-bond donors (Lipinski definition) is 0. The fourth-order valence-electron chi connectivity index (χ4n) is 4.46. The SMILES string of the molecule is c1ccc(N(CCP(c2ccccc2)c2ccccc2)CP(c2ccccc2)c2ccccc2)cc1. The molecule has 0 unspecified atom stereocenters. The summed E-state index contributed by atoms with van der Waals surface area (Å²) in [5.74, 6) is 0. The molecular weight excluding hydrogens is 472 g/mol. The third-order valence-corrected chi connectivity index (χ3v) is 11.3. The van der Waals surface area contributed by atoms with E-state index < -0.39 is 15.8 Å². The second-order valence-corrected chi connectivity index (χ2v) is 13.2. The average molecular weight is 504 g/mol. The van der Waals surface area contributed by atoms with Gasteiger partial charge >= 0.3 is 0 Å². The van der Waals surface area contributed by atoms with Gasteiger partial charge in [-0.3, -0.25) is 0 Å². The third kappa shape index (κ3) is 6.30. The Labute approximate surface area is 218 Å². The van der Waals surface area contributed by atoms with Gasteiger partial charge in [-0.15, -0.1) is 0 Å².